The van der Waals surface area contributed by atoms with Gasteiger partial charge in [0.05, 0.1) is 18.0 Å². The summed E-state index contributed by atoms with van der Waals surface area (Å²) in [5.74, 6) is 5.32. The maximum Gasteiger partial charge on any atom is 0.304 e. The Morgan fingerprint density at radius 1 is 1.26 bits per heavy atom. The Morgan fingerprint density at radius 3 is 2.79 bits per heavy atom. The number of aromatic nitrogens is 1. The molecule has 34 heavy (non-hydrogen) atoms. The van der Waals surface area contributed by atoms with E-state index in [1.807, 2.05) is 36.4 Å². The van der Waals surface area contributed by atoms with Crippen LogP contribution in [0.25, 0.3) is 0 Å². The molecule has 1 aliphatic heterocycles. The molecule has 0 saturated heterocycles. The minimum absolute atomic E-state index is 0.0192. The quantitative estimate of drug-likeness (QED) is 0.478. The molecule has 6 nitrogen and oxygen atoms in total. The maximum atomic E-state index is 11.1. The van der Waals surface area contributed by atoms with Crippen LogP contribution in [0.15, 0.2) is 48.5 Å². The number of nitriles is 1. The Bertz CT molecular complexity index is 1260. The number of nitrogens with zero attached hydrogens (tertiary/aromatic N) is 3. The molecule has 2 heterocycles. The van der Waals surface area contributed by atoms with Crippen LogP contribution in [0.5, 0.6) is 5.75 Å². The second-order valence-corrected chi connectivity index (χ2v) is 9.27. The molecule has 1 aliphatic rings. The van der Waals surface area contributed by atoms with E-state index in [4.69, 9.17) is 15.1 Å². The Balaban J connectivity index is 1.34. The molecule has 0 amide bonds. The van der Waals surface area contributed by atoms with Gasteiger partial charge in [0, 0.05) is 30.9 Å². The Hall–Kier alpha value is -3.65. The van der Waals surface area contributed by atoms with Gasteiger partial charge in [0.1, 0.15) is 18.4 Å². The zero-order valence-corrected chi connectivity index (χ0v) is 19.8. The second-order valence-electron chi connectivity index (χ2n) is 8.18. The third-order valence-electron chi connectivity index (χ3n) is 5.69. The highest BCUT2D eigenvalue weighted by molar-refractivity contribution is 7.12. The summed E-state index contributed by atoms with van der Waals surface area (Å²) in [5, 5.41) is 18.7. The average molecular weight is 472 g/mol. The molecule has 0 unspecified atom stereocenters. The Morgan fingerprint density at radius 2 is 2.06 bits per heavy atom. The molecule has 0 spiro atoms. The minimum atomic E-state index is -0.864. The first-order valence-electron chi connectivity index (χ1n) is 11.1. The van der Waals surface area contributed by atoms with E-state index in [-0.39, 0.29) is 12.3 Å². The van der Waals surface area contributed by atoms with Crippen LogP contribution in [0.4, 0.5) is 0 Å². The van der Waals surface area contributed by atoms with Gasteiger partial charge in [-0.05, 0) is 35.7 Å². The van der Waals surface area contributed by atoms with Crippen LogP contribution in [-0.4, -0.2) is 27.5 Å². The minimum Gasteiger partial charge on any atom is -0.489 e. The average Bonchev–Trinajstić information content (AvgIpc) is 3.25. The molecule has 1 atom stereocenters. The third-order valence-corrected chi connectivity index (χ3v) is 6.68. The fourth-order valence-electron chi connectivity index (χ4n) is 4.07. The van der Waals surface area contributed by atoms with E-state index >= 15 is 0 Å². The first-order chi connectivity index (χ1) is 16.5. The van der Waals surface area contributed by atoms with Crippen molar-refractivity contribution in [3.63, 3.8) is 0 Å². The van der Waals surface area contributed by atoms with Crippen LogP contribution in [0.2, 0.25) is 0 Å². The van der Waals surface area contributed by atoms with E-state index < -0.39 is 5.97 Å². The number of benzene rings is 2. The lowest BCUT2D eigenvalue weighted by Crippen LogP contribution is -2.29. The first-order valence-corrected chi connectivity index (χ1v) is 11.9. The molecule has 0 aliphatic carbocycles. The second kappa shape index (κ2) is 11.0. The van der Waals surface area contributed by atoms with Gasteiger partial charge in [0.2, 0.25) is 0 Å². The summed E-state index contributed by atoms with van der Waals surface area (Å²) in [6.45, 7) is 4.76. The van der Waals surface area contributed by atoms with E-state index in [0.717, 1.165) is 48.6 Å². The van der Waals surface area contributed by atoms with Crippen molar-refractivity contribution in [1.82, 2.24) is 9.88 Å². The van der Waals surface area contributed by atoms with E-state index in [1.165, 1.54) is 21.8 Å². The number of carboxylic acid groups (broad SMARTS) is 1. The van der Waals surface area contributed by atoms with Gasteiger partial charge in [0.15, 0.2) is 5.01 Å². The predicted molar refractivity (Wildman–Crippen MR) is 130 cm³/mol. The molecule has 0 fully saturated rings. The molecule has 1 aromatic heterocycles. The lowest BCUT2D eigenvalue weighted by Gasteiger charge is -2.26. The summed E-state index contributed by atoms with van der Waals surface area (Å²) >= 11 is 1.50. The summed E-state index contributed by atoms with van der Waals surface area (Å²) < 4.78 is 5.97. The number of hydrogen-bond donors (Lipinski definition) is 1. The van der Waals surface area contributed by atoms with Gasteiger partial charge in [-0.15, -0.1) is 17.3 Å². The van der Waals surface area contributed by atoms with E-state index in [9.17, 15) is 4.79 Å². The fraction of sp³-hybridized carbons (Fsp3) is 0.296. The summed E-state index contributed by atoms with van der Waals surface area (Å²) in [4.78, 5) is 19.1. The summed E-state index contributed by atoms with van der Waals surface area (Å²) in [6, 6.07) is 18.0. The zero-order valence-electron chi connectivity index (χ0n) is 19.0. The van der Waals surface area contributed by atoms with E-state index in [0.29, 0.717) is 11.6 Å². The number of aliphatic carboxylic acids is 1. The van der Waals surface area contributed by atoms with Gasteiger partial charge in [0.25, 0.3) is 0 Å². The SMILES string of the molecule is CC#C[C@@H](CC(=O)O)c1ccc(OCc2cccc(CN3CCc4nc(C#N)sc4C3)c2)cc1. The molecule has 3 aromatic rings. The molecule has 172 valence electrons. The zero-order chi connectivity index (χ0) is 23.9. The number of fused-ring (bicyclic) bond motifs is 1. The lowest BCUT2D eigenvalue weighted by atomic mass is 9.96. The number of thiazole rings is 1. The molecule has 0 bridgehead atoms. The number of rotatable bonds is 8. The number of ether oxygens (including phenoxy) is 1. The van der Waals surface area contributed by atoms with E-state index in [2.05, 4.69) is 39.9 Å². The largest absolute Gasteiger partial charge is 0.489 e. The smallest absolute Gasteiger partial charge is 0.304 e. The maximum absolute atomic E-state index is 11.1. The first kappa shape index (κ1) is 23.5. The van der Waals surface area contributed by atoms with Crippen molar-refractivity contribution >= 4 is 17.3 Å². The van der Waals surface area contributed by atoms with E-state index in [1.54, 1.807) is 6.92 Å². The highest BCUT2D eigenvalue weighted by atomic mass is 32.1. The summed E-state index contributed by atoms with van der Waals surface area (Å²) in [6.07, 6.45) is 0.859. The highest BCUT2D eigenvalue weighted by Gasteiger charge is 2.21. The standard InChI is InChI=1S/C27H25N3O3S/c1-2-4-22(14-27(31)32)21-7-9-23(10-8-21)33-18-20-6-3-5-19(13-20)16-30-12-11-24-25(17-30)34-26(15-28)29-24/h3,5-10,13,22H,11-12,14,16-18H2,1H3,(H,31,32)/t22-/m0/s1. The lowest BCUT2D eigenvalue weighted by molar-refractivity contribution is -0.137. The monoisotopic (exact) mass is 471 g/mol. The van der Waals surface area contributed by atoms with Gasteiger partial charge < -0.3 is 9.84 Å². The predicted octanol–water partition coefficient (Wildman–Crippen LogP) is 4.73. The van der Waals surface area contributed by atoms with Crippen LogP contribution in [0.3, 0.4) is 0 Å². The Labute approximate surface area is 203 Å². The fourth-order valence-corrected chi connectivity index (χ4v) is 5.02. The van der Waals surface area contributed by atoms with Crippen LogP contribution < -0.4 is 4.74 Å². The molecule has 0 radical (unpaired) electrons. The molecule has 0 saturated carbocycles. The van der Waals surface area contributed by atoms with Crippen molar-refractivity contribution in [2.24, 2.45) is 0 Å². The van der Waals surface area contributed by atoms with Crippen LogP contribution in [0, 0.1) is 23.2 Å². The van der Waals surface area contributed by atoms with Crippen molar-refractivity contribution in [2.75, 3.05) is 6.54 Å². The number of hydrogen-bond acceptors (Lipinski definition) is 6. The molecule has 4 rings (SSSR count). The van der Waals surface area contributed by atoms with Gasteiger partial charge in [-0.1, -0.05) is 42.3 Å². The molecule has 7 heteroatoms. The molecule has 2 aromatic carbocycles. The highest BCUT2D eigenvalue weighted by Crippen LogP contribution is 2.26. The Kier molecular flexibility index (Phi) is 7.59. The van der Waals surface area contributed by atoms with Gasteiger partial charge in [-0.3, -0.25) is 9.69 Å². The van der Waals surface area contributed by atoms with Crippen molar-refractivity contribution in [2.45, 2.75) is 45.4 Å². The van der Waals surface area contributed by atoms with Crippen LogP contribution >= 0.6 is 11.3 Å². The van der Waals surface area contributed by atoms with Crippen molar-refractivity contribution in [3.05, 3.63) is 80.8 Å². The van der Waals surface area contributed by atoms with Gasteiger partial charge in [-0.2, -0.15) is 5.26 Å². The normalized spacial score (nSPS) is 13.8. The molecular weight excluding hydrogens is 446 g/mol. The number of carboxylic acids is 1. The molecule has 1 N–H and O–H groups in total. The summed E-state index contributed by atoms with van der Waals surface area (Å²) in [5.41, 5.74) is 4.25. The van der Waals surface area contributed by atoms with Gasteiger partial charge >= 0.3 is 5.97 Å². The van der Waals surface area contributed by atoms with Crippen molar-refractivity contribution in [3.8, 4) is 23.7 Å². The van der Waals surface area contributed by atoms with Gasteiger partial charge in [-0.25, -0.2) is 4.98 Å². The summed E-state index contributed by atoms with van der Waals surface area (Å²) in [7, 11) is 0. The van der Waals surface area contributed by atoms with Crippen molar-refractivity contribution in [1.29, 1.82) is 5.26 Å². The van der Waals surface area contributed by atoms with Crippen LogP contribution in [-0.2, 0) is 30.9 Å². The van der Waals surface area contributed by atoms with Crippen LogP contribution in [0.1, 0.15) is 51.5 Å². The molecular formula is C27H25N3O3S. The topological polar surface area (TPSA) is 86.5 Å². The number of carbonyl (C=O) groups is 1. The third kappa shape index (κ3) is 6.02. The van der Waals surface area contributed by atoms with Crippen molar-refractivity contribution < 1.29 is 14.6 Å².